The van der Waals surface area contributed by atoms with Gasteiger partial charge in [-0.05, 0) is 35.0 Å². The van der Waals surface area contributed by atoms with Crippen molar-refractivity contribution >= 4 is 62.2 Å². The van der Waals surface area contributed by atoms with E-state index in [0.717, 1.165) is 16.6 Å². The highest BCUT2D eigenvalue weighted by atomic mass is 35.5. The van der Waals surface area contributed by atoms with Crippen molar-refractivity contribution in [3.8, 4) is 11.3 Å². The van der Waals surface area contributed by atoms with Crippen molar-refractivity contribution in [1.82, 2.24) is 4.98 Å². The molecule has 0 unspecified atom stereocenters. The van der Waals surface area contributed by atoms with Crippen LogP contribution in [0, 0.1) is 0 Å². The Bertz CT molecular complexity index is 1140. The molecule has 4 nitrogen and oxygen atoms in total. The molecule has 3 aromatic carbocycles. The maximum atomic E-state index is 12.2. The smallest absolute Gasteiger partial charge is 0.308 e. The fourth-order valence-electron chi connectivity index (χ4n) is 2.65. The van der Waals surface area contributed by atoms with Crippen LogP contribution in [0.4, 0.5) is 15.6 Å². The van der Waals surface area contributed by atoms with Crippen LogP contribution in [-0.2, 0) is 0 Å². The number of halogens is 2. The average molecular weight is 414 g/mol. The lowest BCUT2D eigenvalue weighted by molar-refractivity contribution is 0.262. The van der Waals surface area contributed by atoms with Gasteiger partial charge >= 0.3 is 6.03 Å². The third-order valence-corrected chi connectivity index (χ3v) is 5.44. The van der Waals surface area contributed by atoms with Gasteiger partial charge in [0.05, 0.1) is 15.7 Å². The lowest BCUT2D eigenvalue weighted by atomic mass is 10.1. The molecule has 0 aliphatic heterocycles. The van der Waals surface area contributed by atoms with E-state index >= 15 is 0 Å². The number of rotatable bonds is 3. The van der Waals surface area contributed by atoms with E-state index in [2.05, 4.69) is 39.9 Å². The summed E-state index contributed by atoms with van der Waals surface area (Å²) in [6, 6.07) is 18.8. The molecule has 0 bridgehead atoms. The van der Waals surface area contributed by atoms with Crippen LogP contribution in [0.25, 0.3) is 22.0 Å². The van der Waals surface area contributed by atoms with E-state index in [4.69, 9.17) is 23.2 Å². The molecule has 0 spiro atoms. The van der Waals surface area contributed by atoms with Crippen molar-refractivity contribution in [2.24, 2.45) is 0 Å². The first-order valence-electron chi connectivity index (χ1n) is 8.06. The number of thiazole rings is 1. The van der Waals surface area contributed by atoms with E-state index in [1.165, 1.54) is 16.7 Å². The zero-order valence-corrected chi connectivity index (χ0v) is 16.2. The highest BCUT2D eigenvalue weighted by Gasteiger charge is 2.09. The second kappa shape index (κ2) is 7.56. The molecule has 1 aromatic heterocycles. The number of carbonyl (C=O) groups is 1. The number of fused-ring (bicyclic) bond motifs is 1. The fourth-order valence-corrected chi connectivity index (χ4v) is 3.66. The van der Waals surface area contributed by atoms with Gasteiger partial charge in [-0.3, -0.25) is 5.32 Å². The Morgan fingerprint density at radius 3 is 2.52 bits per heavy atom. The fraction of sp³-hybridized carbons (Fsp3) is 0. The van der Waals surface area contributed by atoms with Crippen LogP contribution in [-0.4, -0.2) is 11.0 Å². The van der Waals surface area contributed by atoms with Crippen LogP contribution >= 0.6 is 34.5 Å². The van der Waals surface area contributed by atoms with Crippen LogP contribution in [0.5, 0.6) is 0 Å². The van der Waals surface area contributed by atoms with Crippen LogP contribution in [0.1, 0.15) is 0 Å². The number of carbonyl (C=O) groups excluding carboxylic acids is 1. The molecule has 2 N–H and O–H groups in total. The van der Waals surface area contributed by atoms with Crippen LogP contribution in [0.3, 0.4) is 0 Å². The SMILES string of the molecule is O=C(Nc1ccc(Cl)c(Cl)c1)Nc1nc(-c2ccc3ccccc3c2)cs1. The Balaban J connectivity index is 1.48. The van der Waals surface area contributed by atoms with Crippen LogP contribution in [0.15, 0.2) is 66.0 Å². The van der Waals surface area contributed by atoms with Crippen LogP contribution in [0.2, 0.25) is 10.0 Å². The maximum absolute atomic E-state index is 12.2. The van der Waals surface area contributed by atoms with Crippen molar-refractivity contribution in [1.29, 1.82) is 0 Å². The number of urea groups is 1. The van der Waals surface area contributed by atoms with E-state index in [-0.39, 0.29) is 0 Å². The summed E-state index contributed by atoms with van der Waals surface area (Å²) in [6.45, 7) is 0. The van der Waals surface area contributed by atoms with E-state index in [9.17, 15) is 4.79 Å². The summed E-state index contributed by atoms with van der Waals surface area (Å²) in [5.41, 5.74) is 2.37. The number of nitrogens with one attached hydrogen (secondary N) is 2. The van der Waals surface area contributed by atoms with E-state index in [1.54, 1.807) is 18.2 Å². The summed E-state index contributed by atoms with van der Waals surface area (Å²) in [5, 5.41) is 11.0. The summed E-state index contributed by atoms with van der Waals surface area (Å²) in [7, 11) is 0. The van der Waals surface area contributed by atoms with Gasteiger partial charge in [0, 0.05) is 16.6 Å². The average Bonchev–Trinajstić information content (AvgIpc) is 3.12. The third kappa shape index (κ3) is 4.06. The molecule has 0 fully saturated rings. The quantitative estimate of drug-likeness (QED) is 0.383. The minimum Gasteiger partial charge on any atom is -0.308 e. The van der Waals surface area contributed by atoms with Gasteiger partial charge in [0.1, 0.15) is 0 Å². The molecule has 7 heteroatoms. The normalized spacial score (nSPS) is 10.7. The van der Waals surface area contributed by atoms with Gasteiger partial charge in [-0.1, -0.05) is 59.6 Å². The molecular weight excluding hydrogens is 401 g/mol. The van der Waals surface area contributed by atoms with Gasteiger partial charge in [0.25, 0.3) is 0 Å². The Labute approximate surface area is 169 Å². The number of amides is 2. The first kappa shape index (κ1) is 17.8. The summed E-state index contributed by atoms with van der Waals surface area (Å²) < 4.78 is 0. The van der Waals surface area contributed by atoms with Gasteiger partial charge in [-0.25, -0.2) is 9.78 Å². The molecule has 0 saturated heterocycles. The number of anilines is 2. The number of benzene rings is 3. The van der Waals surface area contributed by atoms with Crippen LogP contribution < -0.4 is 10.6 Å². The highest BCUT2D eigenvalue weighted by molar-refractivity contribution is 7.14. The first-order valence-corrected chi connectivity index (χ1v) is 9.70. The lowest BCUT2D eigenvalue weighted by Crippen LogP contribution is -2.19. The zero-order chi connectivity index (χ0) is 18.8. The molecule has 2 amide bonds. The van der Waals surface area contributed by atoms with Crippen molar-refractivity contribution in [3.05, 3.63) is 76.1 Å². The summed E-state index contributed by atoms with van der Waals surface area (Å²) >= 11 is 13.2. The monoisotopic (exact) mass is 413 g/mol. The Morgan fingerprint density at radius 1 is 0.889 bits per heavy atom. The molecule has 0 atom stereocenters. The van der Waals surface area contributed by atoms with E-state index in [1.807, 2.05) is 23.6 Å². The van der Waals surface area contributed by atoms with Gasteiger partial charge in [0.15, 0.2) is 5.13 Å². The lowest BCUT2D eigenvalue weighted by Gasteiger charge is -2.06. The van der Waals surface area contributed by atoms with Gasteiger partial charge in [0.2, 0.25) is 0 Å². The van der Waals surface area contributed by atoms with Crippen molar-refractivity contribution < 1.29 is 4.79 Å². The Morgan fingerprint density at radius 2 is 1.70 bits per heavy atom. The standard InChI is InChI=1S/C20H13Cl2N3OS/c21-16-8-7-15(10-17(16)22)23-19(26)25-20-24-18(11-27-20)14-6-5-12-3-1-2-4-13(12)9-14/h1-11H,(H2,23,24,25,26). The molecule has 4 aromatic rings. The number of aromatic nitrogens is 1. The van der Waals surface area contributed by atoms with Crippen molar-refractivity contribution in [2.45, 2.75) is 0 Å². The summed E-state index contributed by atoms with van der Waals surface area (Å²) in [4.78, 5) is 16.7. The van der Waals surface area contributed by atoms with Crippen molar-refractivity contribution in [2.75, 3.05) is 10.6 Å². The second-order valence-electron chi connectivity index (χ2n) is 5.81. The predicted molar refractivity (Wildman–Crippen MR) is 114 cm³/mol. The first-order chi connectivity index (χ1) is 13.1. The molecule has 134 valence electrons. The minimum absolute atomic E-state index is 0.377. The molecular formula is C20H13Cl2N3OS. The molecule has 0 aliphatic carbocycles. The molecule has 4 rings (SSSR count). The molecule has 1 heterocycles. The number of hydrogen-bond donors (Lipinski definition) is 2. The Hall–Kier alpha value is -2.60. The topological polar surface area (TPSA) is 54.0 Å². The minimum atomic E-state index is -0.396. The molecule has 0 saturated carbocycles. The number of hydrogen-bond acceptors (Lipinski definition) is 3. The van der Waals surface area contributed by atoms with Gasteiger partial charge in [-0.2, -0.15) is 0 Å². The van der Waals surface area contributed by atoms with E-state index < -0.39 is 6.03 Å². The maximum Gasteiger partial charge on any atom is 0.325 e. The zero-order valence-electron chi connectivity index (χ0n) is 13.9. The molecule has 0 aliphatic rings. The Kier molecular flexibility index (Phi) is 4.99. The molecule has 27 heavy (non-hydrogen) atoms. The second-order valence-corrected chi connectivity index (χ2v) is 7.48. The van der Waals surface area contributed by atoms with Gasteiger partial charge < -0.3 is 5.32 Å². The van der Waals surface area contributed by atoms with Crippen molar-refractivity contribution in [3.63, 3.8) is 0 Å². The number of nitrogens with zero attached hydrogens (tertiary/aromatic N) is 1. The van der Waals surface area contributed by atoms with E-state index in [0.29, 0.717) is 20.9 Å². The van der Waals surface area contributed by atoms with Gasteiger partial charge in [-0.15, -0.1) is 11.3 Å². The summed E-state index contributed by atoms with van der Waals surface area (Å²) in [6.07, 6.45) is 0. The summed E-state index contributed by atoms with van der Waals surface area (Å²) in [5.74, 6) is 0. The largest absolute Gasteiger partial charge is 0.325 e. The predicted octanol–water partition coefficient (Wildman–Crippen LogP) is 6.91. The third-order valence-electron chi connectivity index (χ3n) is 3.95. The highest BCUT2D eigenvalue weighted by Crippen LogP contribution is 2.28. The molecule has 0 radical (unpaired) electrons.